The van der Waals surface area contributed by atoms with Crippen LogP contribution < -0.4 is 5.32 Å². The third kappa shape index (κ3) is 4.23. The Hall–Kier alpha value is -2.70. The summed E-state index contributed by atoms with van der Waals surface area (Å²) in [6, 6.07) is 6.11. The van der Waals surface area contributed by atoms with Gasteiger partial charge in [0.05, 0.1) is 12.7 Å². The van der Waals surface area contributed by atoms with Gasteiger partial charge < -0.3 is 14.6 Å². The number of rotatable bonds is 5. The van der Waals surface area contributed by atoms with Crippen LogP contribution in [0.4, 0.5) is 4.39 Å². The number of likely N-dealkylation sites (tertiary alicyclic amines) is 1. The van der Waals surface area contributed by atoms with E-state index in [0.29, 0.717) is 24.6 Å². The quantitative estimate of drug-likeness (QED) is 0.901. The molecule has 3 rings (SSSR count). The van der Waals surface area contributed by atoms with Crippen molar-refractivity contribution in [2.45, 2.75) is 32.2 Å². The summed E-state index contributed by atoms with van der Waals surface area (Å²) in [5.41, 5.74) is 0.799. The molecule has 1 saturated heterocycles. The number of carbonyl (C=O) groups excluding carboxylic acids is 2. The van der Waals surface area contributed by atoms with Crippen LogP contribution in [0.1, 0.15) is 43.0 Å². The van der Waals surface area contributed by atoms with Crippen molar-refractivity contribution in [1.82, 2.24) is 15.2 Å². The molecular weight excluding hydrogens is 325 g/mol. The van der Waals surface area contributed by atoms with Crippen molar-refractivity contribution < 1.29 is 18.4 Å². The molecule has 2 heterocycles. The van der Waals surface area contributed by atoms with Crippen LogP contribution >= 0.6 is 0 Å². The molecule has 0 aliphatic carbocycles. The Morgan fingerprint density at radius 3 is 3.04 bits per heavy atom. The van der Waals surface area contributed by atoms with Crippen LogP contribution in [0.5, 0.6) is 0 Å². The van der Waals surface area contributed by atoms with Gasteiger partial charge in [0.15, 0.2) is 0 Å². The summed E-state index contributed by atoms with van der Waals surface area (Å²) in [7, 11) is 0. The summed E-state index contributed by atoms with van der Waals surface area (Å²) in [5.74, 6) is 0.435. The first kappa shape index (κ1) is 17.1. The summed E-state index contributed by atoms with van der Waals surface area (Å²) >= 11 is 0. The molecule has 25 heavy (non-hydrogen) atoms. The van der Waals surface area contributed by atoms with Crippen LogP contribution in [0.25, 0.3) is 0 Å². The number of nitrogens with one attached hydrogen (secondary N) is 1. The Kier molecular flexibility index (Phi) is 5.11. The van der Waals surface area contributed by atoms with Crippen molar-refractivity contribution in [2.24, 2.45) is 0 Å². The molecule has 132 valence electrons. The van der Waals surface area contributed by atoms with E-state index in [1.165, 1.54) is 19.1 Å². The summed E-state index contributed by atoms with van der Waals surface area (Å²) < 4.78 is 19.1. The fourth-order valence-electron chi connectivity index (χ4n) is 3.03. The summed E-state index contributed by atoms with van der Waals surface area (Å²) in [6.07, 6.45) is 3.69. The van der Waals surface area contributed by atoms with Gasteiger partial charge in [-0.2, -0.15) is 0 Å². The molecule has 0 radical (unpaired) electrons. The zero-order valence-electron chi connectivity index (χ0n) is 14.0. The second-order valence-electron chi connectivity index (χ2n) is 6.13. The SMILES string of the molecule is CC(=O)NCC(=O)N1CCC[C@@H]1c1ncc(Cc2cccc(F)c2)o1. The van der Waals surface area contributed by atoms with Crippen molar-refractivity contribution in [3.05, 3.63) is 53.5 Å². The fraction of sp³-hybridized carbons (Fsp3) is 0.389. The summed E-state index contributed by atoms with van der Waals surface area (Å²) in [4.78, 5) is 29.2. The molecule has 0 saturated carbocycles. The van der Waals surface area contributed by atoms with Crippen LogP contribution in [0, 0.1) is 5.82 Å². The number of benzene rings is 1. The van der Waals surface area contributed by atoms with Crippen LogP contribution in [0.3, 0.4) is 0 Å². The van der Waals surface area contributed by atoms with E-state index in [1.54, 1.807) is 17.2 Å². The first-order chi connectivity index (χ1) is 12.0. The lowest BCUT2D eigenvalue weighted by molar-refractivity contribution is -0.133. The van der Waals surface area contributed by atoms with Crippen LogP contribution in [-0.4, -0.2) is 34.8 Å². The lowest BCUT2D eigenvalue weighted by atomic mass is 10.1. The van der Waals surface area contributed by atoms with Crippen LogP contribution in [-0.2, 0) is 16.0 Å². The molecule has 1 N–H and O–H groups in total. The molecule has 2 aromatic rings. The van der Waals surface area contributed by atoms with Crippen LogP contribution in [0.2, 0.25) is 0 Å². The maximum absolute atomic E-state index is 13.3. The fourth-order valence-corrected chi connectivity index (χ4v) is 3.03. The molecule has 1 fully saturated rings. The topological polar surface area (TPSA) is 75.4 Å². The minimum absolute atomic E-state index is 0.0251. The smallest absolute Gasteiger partial charge is 0.242 e. The van der Waals surface area contributed by atoms with Gasteiger partial charge in [-0.3, -0.25) is 9.59 Å². The lowest BCUT2D eigenvalue weighted by Gasteiger charge is -2.22. The lowest BCUT2D eigenvalue weighted by Crippen LogP contribution is -2.39. The average molecular weight is 345 g/mol. The minimum atomic E-state index is -0.289. The molecule has 1 aliphatic heterocycles. The third-order valence-electron chi connectivity index (χ3n) is 4.19. The van der Waals surface area contributed by atoms with Gasteiger partial charge in [-0.1, -0.05) is 12.1 Å². The van der Waals surface area contributed by atoms with E-state index in [0.717, 1.165) is 18.4 Å². The number of amides is 2. The monoisotopic (exact) mass is 345 g/mol. The number of oxazole rings is 1. The number of nitrogens with zero attached hydrogens (tertiary/aromatic N) is 2. The molecule has 1 aliphatic rings. The molecule has 1 atom stereocenters. The van der Waals surface area contributed by atoms with E-state index in [1.807, 2.05) is 6.07 Å². The minimum Gasteiger partial charge on any atom is -0.443 e. The van der Waals surface area contributed by atoms with Crippen molar-refractivity contribution in [1.29, 1.82) is 0 Å². The Morgan fingerprint density at radius 1 is 1.44 bits per heavy atom. The number of hydrogen-bond acceptors (Lipinski definition) is 4. The van der Waals surface area contributed by atoms with E-state index in [2.05, 4.69) is 10.3 Å². The van der Waals surface area contributed by atoms with Crippen LogP contribution in [0.15, 0.2) is 34.9 Å². The number of aromatic nitrogens is 1. The van der Waals surface area contributed by atoms with Gasteiger partial charge in [-0.15, -0.1) is 0 Å². The maximum Gasteiger partial charge on any atom is 0.242 e. The molecular formula is C18H20FN3O3. The zero-order chi connectivity index (χ0) is 17.8. The van der Waals surface area contributed by atoms with Gasteiger partial charge in [-0.05, 0) is 30.5 Å². The first-order valence-corrected chi connectivity index (χ1v) is 8.26. The van der Waals surface area contributed by atoms with E-state index < -0.39 is 0 Å². The Bertz CT molecular complexity index is 774. The van der Waals surface area contributed by atoms with E-state index in [-0.39, 0.29) is 30.2 Å². The second-order valence-corrected chi connectivity index (χ2v) is 6.13. The summed E-state index contributed by atoms with van der Waals surface area (Å²) in [5, 5.41) is 2.52. The molecule has 2 amide bonds. The maximum atomic E-state index is 13.3. The Balaban J connectivity index is 1.68. The Morgan fingerprint density at radius 2 is 2.28 bits per heavy atom. The van der Waals surface area contributed by atoms with E-state index >= 15 is 0 Å². The highest BCUT2D eigenvalue weighted by atomic mass is 19.1. The zero-order valence-corrected chi connectivity index (χ0v) is 14.0. The second kappa shape index (κ2) is 7.46. The Labute approximate surface area is 145 Å². The number of carbonyl (C=O) groups is 2. The average Bonchev–Trinajstić information content (AvgIpc) is 3.21. The molecule has 1 aromatic carbocycles. The number of hydrogen-bond donors (Lipinski definition) is 1. The van der Waals surface area contributed by atoms with E-state index in [4.69, 9.17) is 4.42 Å². The highest BCUT2D eigenvalue weighted by Gasteiger charge is 2.33. The molecule has 7 heteroatoms. The van der Waals surface area contributed by atoms with Crippen molar-refractivity contribution >= 4 is 11.8 Å². The number of halogens is 1. The van der Waals surface area contributed by atoms with Gasteiger partial charge in [0.2, 0.25) is 17.7 Å². The van der Waals surface area contributed by atoms with Gasteiger partial charge in [0, 0.05) is 19.9 Å². The first-order valence-electron chi connectivity index (χ1n) is 8.26. The van der Waals surface area contributed by atoms with E-state index in [9.17, 15) is 14.0 Å². The molecule has 0 bridgehead atoms. The summed E-state index contributed by atoms with van der Waals surface area (Å²) in [6.45, 7) is 1.97. The van der Waals surface area contributed by atoms with Crippen molar-refractivity contribution in [3.8, 4) is 0 Å². The largest absolute Gasteiger partial charge is 0.443 e. The predicted molar refractivity (Wildman–Crippen MR) is 88.1 cm³/mol. The van der Waals surface area contributed by atoms with Gasteiger partial charge in [-0.25, -0.2) is 9.37 Å². The van der Waals surface area contributed by atoms with Gasteiger partial charge >= 0.3 is 0 Å². The predicted octanol–water partition coefficient (Wildman–Crippen LogP) is 2.20. The highest BCUT2D eigenvalue weighted by Crippen LogP contribution is 2.31. The highest BCUT2D eigenvalue weighted by molar-refractivity contribution is 5.84. The van der Waals surface area contributed by atoms with Crippen molar-refractivity contribution in [3.63, 3.8) is 0 Å². The van der Waals surface area contributed by atoms with Gasteiger partial charge in [0.1, 0.15) is 17.6 Å². The molecule has 1 aromatic heterocycles. The van der Waals surface area contributed by atoms with Gasteiger partial charge in [0.25, 0.3) is 0 Å². The molecule has 0 unspecified atom stereocenters. The normalized spacial score (nSPS) is 16.9. The van der Waals surface area contributed by atoms with Crippen molar-refractivity contribution in [2.75, 3.05) is 13.1 Å². The standard InChI is InChI=1S/C18H20FN3O3/c1-12(23)20-11-17(24)22-7-3-6-16(22)18-21-10-15(25-18)9-13-4-2-5-14(19)8-13/h2,4-5,8,10,16H,3,6-7,9,11H2,1H3,(H,20,23)/t16-/m1/s1. The molecule has 0 spiro atoms. The molecule has 6 nitrogen and oxygen atoms in total. The third-order valence-corrected chi connectivity index (χ3v) is 4.19.